The first-order valence-corrected chi connectivity index (χ1v) is 7.70. The molecule has 19 heavy (non-hydrogen) atoms. The standard InChI is InChI=1S/C17H26N2/c1-12-13(2)19(9-8-17(12)18-3)16-10-14-6-4-5-7-15(14)11-16/h4-7,12-13,16-18H,8-11H2,1-3H3. The number of hydrogen-bond donors (Lipinski definition) is 1. The zero-order chi connectivity index (χ0) is 13.4. The van der Waals surface area contributed by atoms with E-state index in [2.05, 4.69) is 55.4 Å². The number of piperidine rings is 1. The van der Waals surface area contributed by atoms with Gasteiger partial charge in [0.05, 0.1) is 0 Å². The maximum atomic E-state index is 3.49. The molecule has 104 valence electrons. The lowest BCUT2D eigenvalue weighted by Gasteiger charge is -2.45. The molecule has 0 saturated carbocycles. The van der Waals surface area contributed by atoms with Crippen LogP contribution in [0, 0.1) is 5.92 Å². The molecule has 0 aromatic heterocycles. The van der Waals surface area contributed by atoms with Crippen LogP contribution in [0.3, 0.4) is 0 Å². The van der Waals surface area contributed by atoms with Crippen LogP contribution in [0.5, 0.6) is 0 Å². The molecule has 0 bridgehead atoms. The van der Waals surface area contributed by atoms with Gasteiger partial charge >= 0.3 is 0 Å². The molecular formula is C17H26N2. The van der Waals surface area contributed by atoms with E-state index >= 15 is 0 Å². The van der Waals surface area contributed by atoms with Crippen molar-refractivity contribution in [3.8, 4) is 0 Å². The number of likely N-dealkylation sites (tertiary alicyclic amines) is 1. The van der Waals surface area contributed by atoms with Crippen molar-refractivity contribution in [1.29, 1.82) is 0 Å². The highest BCUT2D eigenvalue weighted by atomic mass is 15.2. The Hall–Kier alpha value is -0.860. The van der Waals surface area contributed by atoms with Crippen LogP contribution in [0.25, 0.3) is 0 Å². The van der Waals surface area contributed by atoms with Gasteiger partial charge in [0.1, 0.15) is 0 Å². The highest BCUT2D eigenvalue weighted by Gasteiger charge is 2.37. The van der Waals surface area contributed by atoms with Crippen LogP contribution in [-0.4, -0.2) is 36.6 Å². The van der Waals surface area contributed by atoms with Crippen molar-refractivity contribution >= 4 is 0 Å². The largest absolute Gasteiger partial charge is 0.317 e. The van der Waals surface area contributed by atoms with Gasteiger partial charge in [0.2, 0.25) is 0 Å². The molecule has 2 heteroatoms. The Morgan fingerprint density at radius 2 is 1.74 bits per heavy atom. The minimum atomic E-state index is 0.686. The van der Waals surface area contributed by atoms with Gasteiger partial charge < -0.3 is 5.32 Å². The molecule has 1 N–H and O–H groups in total. The molecule has 1 aliphatic carbocycles. The van der Waals surface area contributed by atoms with Crippen molar-refractivity contribution in [3.05, 3.63) is 35.4 Å². The lowest BCUT2D eigenvalue weighted by atomic mass is 9.86. The summed E-state index contributed by atoms with van der Waals surface area (Å²) in [6.45, 7) is 6.06. The minimum Gasteiger partial charge on any atom is -0.317 e. The first-order valence-electron chi connectivity index (χ1n) is 7.70. The molecule has 1 aliphatic heterocycles. The van der Waals surface area contributed by atoms with Crippen molar-refractivity contribution in [1.82, 2.24) is 10.2 Å². The summed E-state index contributed by atoms with van der Waals surface area (Å²) >= 11 is 0. The summed E-state index contributed by atoms with van der Waals surface area (Å²) in [5.74, 6) is 0.738. The number of rotatable bonds is 2. The maximum absolute atomic E-state index is 3.49. The average Bonchev–Trinajstić information content (AvgIpc) is 2.85. The summed E-state index contributed by atoms with van der Waals surface area (Å²) in [4.78, 5) is 2.76. The van der Waals surface area contributed by atoms with Crippen LogP contribution in [0.4, 0.5) is 0 Å². The van der Waals surface area contributed by atoms with Crippen LogP contribution in [0.2, 0.25) is 0 Å². The monoisotopic (exact) mass is 258 g/mol. The van der Waals surface area contributed by atoms with Gasteiger partial charge in [-0.05, 0) is 50.3 Å². The van der Waals surface area contributed by atoms with E-state index in [0.717, 1.165) is 12.0 Å². The summed E-state index contributed by atoms with van der Waals surface area (Å²) in [5.41, 5.74) is 3.14. The number of benzene rings is 1. The molecule has 2 nitrogen and oxygen atoms in total. The van der Waals surface area contributed by atoms with E-state index in [1.807, 2.05) is 0 Å². The van der Waals surface area contributed by atoms with Gasteiger partial charge in [0, 0.05) is 24.7 Å². The highest BCUT2D eigenvalue weighted by Crippen LogP contribution is 2.31. The third kappa shape index (κ3) is 2.32. The minimum absolute atomic E-state index is 0.686. The summed E-state index contributed by atoms with van der Waals surface area (Å²) < 4.78 is 0. The van der Waals surface area contributed by atoms with E-state index < -0.39 is 0 Å². The predicted octanol–water partition coefficient (Wildman–Crippen LogP) is 2.47. The van der Waals surface area contributed by atoms with Gasteiger partial charge in [0.25, 0.3) is 0 Å². The topological polar surface area (TPSA) is 15.3 Å². The Labute approximate surface area is 117 Å². The molecule has 2 aliphatic rings. The van der Waals surface area contributed by atoms with Gasteiger partial charge in [-0.15, -0.1) is 0 Å². The number of fused-ring (bicyclic) bond motifs is 1. The van der Waals surface area contributed by atoms with Crippen LogP contribution in [-0.2, 0) is 12.8 Å². The molecule has 0 radical (unpaired) electrons. The molecule has 1 heterocycles. The van der Waals surface area contributed by atoms with E-state index in [4.69, 9.17) is 0 Å². The van der Waals surface area contributed by atoms with Crippen molar-refractivity contribution in [2.75, 3.05) is 13.6 Å². The first kappa shape index (κ1) is 13.1. The van der Waals surface area contributed by atoms with Gasteiger partial charge in [-0.2, -0.15) is 0 Å². The molecule has 1 saturated heterocycles. The zero-order valence-corrected chi connectivity index (χ0v) is 12.4. The third-order valence-electron chi connectivity index (χ3n) is 5.49. The van der Waals surface area contributed by atoms with Gasteiger partial charge in [-0.1, -0.05) is 31.2 Å². The van der Waals surface area contributed by atoms with Crippen LogP contribution < -0.4 is 5.32 Å². The van der Waals surface area contributed by atoms with Gasteiger partial charge in [0.15, 0.2) is 0 Å². The quantitative estimate of drug-likeness (QED) is 0.876. The normalized spacial score (nSPS) is 32.5. The van der Waals surface area contributed by atoms with Crippen molar-refractivity contribution < 1.29 is 0 Å². The van der Waals surface area contributed by atoms with Crippen LogP contribution in [0.15, 0.2) is 24.3 Å². The number of nitrogens with zero attached hydrogens (tertiary/aromatic N) is 1. The smallest absolute Gasteiger partial charge is 0.0179 e. The Morgan fingerprint density at radius 1 is 1.11 bits per heavy atom. The second kappa shape index (κ2) is 5.26. The van der Waals surface area contributed by atoms with Crippen molar-refractivity contribution in [2.45, 2.75) is 51.2 Å². The number of hydrogen-bond acceptors (Lipinski definition) is 2. The Bertz CT molecular complexity index is 418. The molecule has 1 aromatic carbocycles. The Morgan fingerprint density at radius 3 is 2.32 bits per heavy atom. The molecule has 1 fully saturated rings. The lowest BCUT2D eigenvalue weighted by Crippen LogP contribution is -2.56. The molecule has 1 aromatic rings. The Balaban J connectivity index is 1.72. The van der Waals surface area contributed by atoms with Gasteiger partial charge in [-0.3, -0.25) is 4.90 Å². The zero-order valence-electron chi connectivity index (χ0n) is 12.4. The summed E-state index contributed by atoms with van der Waals surface area (Å²) in [7, 11) is 2.11. The first-order chi connectivity index (χ1) is 9.20. The summed E-state index contributed by atoms with van der Waals surface area (Å²) in [6.07, 6.45) is 3.78. The fourth-order valence-electron chi connectivity index (χ4n) is 4.09. The molecule has 3 unspecified atom stereocenters. The van der Waals surface area contributed by atoms with Crippen LogP contribution in [0.1, 0.15) is 31.4 Å². The van der Waals surface area contributed by atoms with E-state index in [1.165, 1.54) is 25.8 Å². The molecular weight excluding hydrogens is 232 g/mol. The summed E-state index contributed by atoms with van der Waals surface area (Å²) in [6, 6.07) is 11.1. The maximum Gasteiger partial charge on any atom is 0.0179 e. The van der Waals surface area contributed by atoms with Crippen molar-refractivity contribution in [2.24, 2.45) is 5.92 Å². The third-order valence-corrected chi connectivity index (χ3v) is 5.49. The summed E-state index contributed by atoms with van der Waals surface area (Å²) in [5, 5.41) is 3.49. The Kier molecular flexibility index (Phi) is 3.64. The second-order valence-electron chi connectivity index (χ2n) is 6.35. The lowest BCUT2D eigenvalue weighted by molar-refractivity contribution is 0.0520. The number of nitrogens with one attached hydrogen (secondary N) is 1. The second-order valence-corrected chi connectivity index (χ2v) is 6.35. The van der Waals surface area contributed by atoms with E-state index in [1.54, 1.807) is 11.1 Å². The van der Waals surface area contributed by atoms with Crippen LogP contribution >= 0.6 is 0 Å². The highest BCUT2D eigenvalue weighted by molar-refractivity contribution is 5.33. The molecule has 0 amide bonds. The predicted molar refractivity (Wildman–Crippen MR) is 80.4 cm³/mol. The molecule has 3 rings (SSSR count). The molecule has 3 atom stereocenters. The van der Waals surface area contributed by atoms with Crippen molar-refractivity contribution in [3.63, 3.8) is 0 Å². The SMILES string of the molecule is CNC1CCN(C2Cc3ccccc3C2)C(C)C1C. The van der Waals surface area contributed by atoms with E-state index in [0.29, 0.717) is 12.1 Å². The fraction of sp³-hybridized carbons (Fsp3) is 0.647. The fourth-order valence-corrected chi connectivity index (χ4v) is 4.09. The average molecular weight is 258 g/mol. The molecule has 0 spiro atoms. The van der Waals surface area contributed by atoms with E-state index in [-0.39, 0.29) is 0 Å². The van der Waals surface area contributed by atoms with Gasteiger partial charge in [-0.25, -0.2) is 0 Å². The van der Waals surface area contributed by atoms with E-state index in [9.17, 15) is 0 Å².